The highest BCUT2D eigenvalue weighted by Gasteiger charge is 2.15. The van der Waals surface area contributed by atoms with Crippen molar-refractivity contribution in [1.82, 2.24) is 10.1 Å². The Labute approximate surface area is 109 Å². The fourth-order valence-electron chi connectivity index (χ4n) is 1.92. The monoisotopic (exact) mass is 255 g/mol. The molecular weight excluding hydrogens is 242 g/mol. The molecule has 0 bridgehead atoms. The number of aromatic nitrogens is 2. The molecule has 0 aliphatic heterocycles. The molecule has 0 radical (unpaired) electrons. The summed E-state index contributed by atoms with van der Waals surface area (Å²) in [5, 5.41) is 15.7. The van der Waals surface area contributed by atoms with Crippen LogP contribution < -0.4 is 5.73 Å². The predicted octanol–water partition coefficient (Wildman–Crippen LogP) is 1.88. The minimum Gasteiger partial charge on any atom is -0.382 e. The van der Waals surface area contributed by atoms with Crippen molar-refractivity contribution in [3.05, 3.63) is 48.4 Å². The van der Waals surface area contributed by atoms with Gasteiger partial charge in [-0.05, 0) is 16.8 Å². The molecule has 5 heteroatoms. The molecule has 1 atom stereocenters. The first-order valence-electron chi connectivity index (χ1n) is 5.99. The van der Waals surface area contributed by atoms with Crippen molar-refractivity contribution in [1.29, 1.82) is 0 Å². The Hall–Kier alpha value is -2.24. The topological polar surface area (TPSA) is 85.2 Å². The second kappa shape index (κ2) is 4.79. The third-order valence-electron chi connectivity index (χ3n) is 2.96. The van der Waals surface area contributed by atoms with Crippen LogP contribution in [-0.4, -0.2) is 21.8 Å². The van der Waals surface area contributed by atoms with E-state index in [0.717, 1.165) is 16.3 Å². The van der Waals surface area contributed by atoms with E-state index in [4.69, 9.17) is 10.3 Å². The van der Waals surface area contributed by atoms with Crippen LogP contribution in [0, 0.1) is 0 Å². The van der Waals surface area contributed by atoms with Crippen LogP contribution in [-0.2, 0) is 0 Å². The first-order valence-corrected chi connectivity index (χ1v) is 5.99. The summed E-state index contributed by atoms with van der Waals surface area (Å²) in [6, 6.07) is 13.9. The molecule has 0 amide bonds. The smallest absolute Gasteiger partial charge is 0.257 e. The van der Waals surface area contributed by atoms with Gasteiger partial charge in [0.15, 0.2) is 0 Å². The third-order valence-corrected chi connectivity index (χ3v) is 2.96. The van der Waals surface area contributed by atoms with E-state index in [9.17, 15) is 5.11 Å². The SMILES string of the molecule is NCC(O)c1nc(-c2ccc3ccccc3c2)no1. The zero-order chi connectivity index (χ0) is 13.2. The largest absolute Gasteiger partial charge is 0.382 e. The van der Waals surface area contributed by atoms with E-state index in [2.05, 4.69) is 10.1 Å². The number of hydrogen-bond acceptors (Lipinski definition) is 5. The van der Waals surface area contributed by atoms with Crippen molar-refractivity contribution < 1.29 is 9.63 Å². The maximum Gasteiger partial charge on any atom is 0.257 e. The van der Waals surface area contributed by atoms with Gasteiger partial charge in [0.05, 0.1) is 0 Å². The molecule has 1 aromatic heterocycles. The molecule has 2 aromatic carbocycles. The molecule has 3 aromatic rings. The molecule has 19 heavy (non-hydrogen) atoms. The first-order chi connectivity index (χ1) is 9.28. The molecular formula is C14H13N3O2. The zero-order valence-electron chi connectivity index (χ0n) is 10.2. The van der Waals surface area contributed by atoms with Crippen LogP contribution in [0.1, 0.15) is 12.0 Å². The van der Waals surface area contributed by atoms with Crippen molar-refractivity contribution in [3.63, 3.8) is 0 Å². The number of fused-ring (bicyclic) bond motifs is 1. The molecule has 3 N–H and O–H groups in total. The van der Waals surface area contributed by atoms with Gasteiger partial charge in [0.25, 0.3) is 5.89 Å². The molecule has 0 aliphatic rings. The highest BCUT2D eigenvalue weighted by Crippen LogP contribution is 2.23. The van der Waals surface area contributed by atoms with Gasteiger partial charge < -0.3 is 15.4 Å². The minimum atomic E-state index is -0.915. The summed E-state index contributed by atoms with van der Waals surface area (Å²) in [4.78, 5) is 4.15. The van der Waals surface area contributed by atoms with Gasteiger partial charge in [-0.25, -0.2) is 0 Å². The normalized spacial score (nSPS) is 12.7. The van der Waals surface area contributed by atoms with Gasteiger partial charge >= 0.3 is 0 Å². The average molecular weight is 255 g/mol. The van der Waals surface area contributed by atoms with Gasteiger partial charge in [-0.1, -0.05) is 41.6 Å². The summed E-state index contributed by atoms with van der Waals surface area (Å²) < 4.78 is 4.99. The maximum atomic E-state index is 9.54. The van der Waals surface area contributed by atoms with Crippen molar-refractivity contribution in [2.24, 2.45) is 5.73 Å². The van der Waals surface area contributed by atoms with Crippen LogP contribution in [0.3, 0.4) is 0 Å². The Kier molecular flexibility index (Phi) is 2.98. The van der Waals surface area contributed by atoms with Gasteiger partial charge in [-0.3, -0.25) is 0 Å². The van der Waals surface area contributed by atoms with Crippen molar-refractivity contribution in [2.45, 2.75) is 6.10 Å². The molecule has 0 aliphatic carbocycles. The molecule has 0 saturated carbocycles. The Morgan fingerprint density at radius 2 is 1.95 bits per heavy atom. The number of hydrogen-bond donors (Lipinski definition) is 2. The van der Waals surface area contributed by atoms with Gasteiger partial charge in [-0.2, -0.15) is 4.98 Å². The van der Waals surface area contributed by atoms with Crippen molar-refractivity contribution >= 4 is 10.8 Å². The van der Waals surface area contributed by atoms with Crippen molar-refractivity contribution in [3.8, 4) is 11.4 Å². The summed E-state index contributed by atoms with van der Waals surface area (Å²) >= 11 is 0. The fourth-order valence-corrected chi connectivity index (χ4v) is 1.92. The van der Waals surface area contributed by atoms with Gasteiger partial charge in [0.1, 0.15) is 6.10 Å². The molecule has 1 heterocycles. The number of aliphatic hydroxyl groups excluding tert-OH is 1. The summed E-state index contributed by atoms with van der Waals surface area (Å²) in [7, 11) is 0. The van der Waals surface area contributed by atoms with Crippen molar-refractivity contribution in [2.75, 3.05) is 6.54 Å². The molecule has 1 unspecified atom stereocenters. The van der Waals surface area contributed by atoms with E-state index < -0.39 is 6.10 Å². The average Bonchev–Trinajstić information content (AvgIpc) is 2.95. The lowest BCUT2D eigenvalue weighted by molar-refractivity contribution is 0.141. The van der Waals surface area contributed by atoms with Gasteiger partial charge in [-0.15, -0.1) is 0 Å². The Morgan fingerprint density at radius 1 is 1.16 bits per heavy atom. The second-order valence-corrected chi connectivity index (χ2v) is 4.27. The second-order valence-electron chi connectivity index (χ2n) is 4.27. The highest BCUT2D eigenvalue weighted by molar-refractivity contribution is 5.86. The number of benzene rings is 2. The first kappa shape index (κ1) is 11.8. The molecule has 0 fully saturated rings. The zero-order valence-corrected chi connectivity index (χ0v) is 10.2. The molecule has 0 spiro atoms. The Bertz CT molecular complexity index is 708. The Morgan fingerprint density at radius 3 is 2.74 bits per heavy atom. The van der Waals surface area contributed by atoms with E-state index in [1.807, 2.05) is 42.5 Å². The predicted molar refractivity (Wildman–Crippen MR) is 71.3 cm³/mol. The van der Waals surface area contributed by atoms with Crippen LogP contribution in [0.2, 0.25) is 0 Å². The Balaban J connectivity index is 2.01. The van der Waals surface area contributed by atoms with E-state index in [1.165, 1.54) is 0 Å². The quantitative estimate of drug-likeness (QED) is 0.746. The number of aliphatic hydroxyl groups is 1. The standard InChI is InChI=1S/C14H13N3O2/c15-8-12(18)14-16-13(17-19-14)11-6-5-9-3-1-2-4-10(9)7-11/h1-7,12,18H,8,15H2. The molecule has 96 valence electrons. The summed E-state index contributed by atoms with van der Waals surface area (Å²) in [6.07, 6.45) is -0.915. The van der Waals surface area contributed by atoms with Crippen LogP contribution in [0.15, 0.2) is 47.0 Å². The summed E-state index contributed by atoms with van der Waals surface area (Å²) in [5.41, 5.74) is 6.19. The number of rotatable bonds is 3. The van der Waals surface area contributed by atoms with Crippen LogP contribution >= 0.6 is 0 Å². The lowest BCUT2D eigenvalue weighted by Gasteiger charge is -2.00. The molecule has 5 nitrogen and oxygen atoms in total. The van der Waals surface area contributed by atoms with E-state index >= 15 is 0 Å². The minimum absolute atomic E-state index is 0.0549. The summed E-state index contributed by atoms with van der Waals surface area (Å²) in [5.74, 6) is 0.596. The number of nitrogens with zero attached hydrogens (tertiary/aromatic N) is 2. The lowest BCUT2D eigenvalue weighted by atomic mass is 10.1. The third kappa shape index (κ3) is 2.21. The van der Waals surface area contributed by atoms with Crippen LogP contribution in [0.5, 0.6) is 0 Å². The van der Waals surface area contributed by atoms with Crippen LogP contribution in [0.4, 0.5) is 0 Å². The van der Waals surface area contributed by atoms with E-state index in [-0.39, 0.29) is 12.4 Å². The van der Waals surface area contributed by atoms with Gasteiger partial charge in [0, 0.05) is 12.1 Å². The van der Waals surface area contributed by atoms with E-state index in [0.29, 0.717) is 5.82 Å². The van der Waals surface area contributed by atoms with Gasteiger partial charge in [0.2, 0.25) is 5.82 Å². The van der Waals surface area contributed by atoms with E-state index in [1.54, 1.807) is 0 Å². The maximum absolute atomic E-state index is 9.54. The van der Waals surface area contributed by atoms with Crippen LogP contribution in [0.25, 0.3) is 22.2 Å². The fraction of sp³-hybridized carbons (Fsp3) is 0.143. The molecule has 0 saturated heterocycles. The number of nitrogens with two attached hydrogens (primary N) is 1. The lowest BCUT2D eigenvalue weighted by Crippen LogP contribution is -2.11. The highest BCUT2D eigenvalue weighted by atomic mass is 16.5. The molecule has 3 rings (SSSR count). The summed E-state index contributed by atoms with van der Waals surface area (Å²) in [6.45, 7) is 0.0549.